The molecular weight excluding hydrogens is 433 g/mol. The molecule has 0 aliphatic rings. The van der Waals surface area contributed by atoms with Gasteiger partial charge in [0.2, 0.25) is 5.91 Å². The normalized spacial score (nSPS) is 12.8. The monoisotopic (exact) mass is 454 g/mol. The van der Waals surface area contributed by atoms with Crippen LogP contribution < -0.4 is 5.32 Å². The van der Waals surface area contributed by atoms with Crippen molar-refractivity contribution in [3.63, 3.8) is 0 Å². The van der Waals surface area contributed by atoms with Gasteiger partial charge in [0.25, 0.3) is 0 Å². The molecule has 1 atom stereocenters. The summed E-state index contributed by atoms with van der Waals surface area (Å²) < 4.78 is 40.8. The SMILES string of the molecule is Cc1c(C#N)c2cc(CC(=O)NC(C)c3cc4cnn(CC(F)(F)F)c4cn3)ccc2n1C. The van der Waals surface area contributed by atoms with E-state index in [1.807, 2.05) is 36.7 Å². The molecule has 4 rings (SSSR count). The number of nitriles is 1. The highest BCUT2D eigenvalue weighted by Crippen LogP contribution is 2.26. The van der Waals surface area contributed by atoms with Gasteiger partial charge >= 0.3 is 6.18 Å². The Labute approximate surface area is 187 Å². The van der Waals surface area contributed by atoms with Gasteiger partial charge in [-0.1, -0.05) is 6.07 Å². The van der Waals surface area contributed by atoms with Crippen molar-refractivity contribution in [2.75, 3.05) is 0 Å². The Morgan fingerprint density at radius 1 is 1.24 bits per heavy atom. The molecule has 1 N–H and O–H groups in total. The van der Waals surface area contributed by atoms with E-state index >= 15 is 0 Å². The zero-order valence-electron chi connectivity index (χ0n) is 18.2. The molecule has 0 saturated heterocycles. The first-order valence-electron chi connectivity index (χ1n) is 10.2. The maximum absolute atomic E-state index is 12.7. The van der Waals surface area contributed by atoms with Gasteiger partial charge in [-0.15, -0.1) is 0 Å². The molecule has 4 aromatic rings. The fourth-order valence-electron chi connectivity index (χ4n) is 3.95. The molecule has 7 nitrogen and oxygen atoms in total. The first-order valence-corrected chi connectivity index (χ1v) is 10.2. The molecule has 3 heterocycles. The van der Waals surface area contributed by atoms with Gasteiger partial charge in [-0.3, -0.25) is 14.5 Å². The fourth-order valence-corrected chi connectivity index (χ4v) is 3.95. The summed E-state index contributed by atoms with van der Waals surface area (Å²) in [5.74, 6) is -0.234. The predicted octanol–water partition coefficient (Wildman–Crippen LogP) is 4.09. The van der Waals surface area contributed by atoms with E-state index in [1.54, 1.807) is 13.0 Å². The number of hydrogen-bond acceptors (Lipinski definition) is 4. The number of benzene rings is 1. The highest BCUT2D eigenvalue weighted by Gasteiger charge is 2.29. The summed E-state index contributed by atoms with van der Waals surface area (Å²) >= 11 is 0. The molecular formula is C23H21F3N6O. The van der Waals surface area contributed by atoms with Crippen LogP contribution in [0.2, 0.25) is 0 Å². The molecule has 33 heavy (non-hydrogen) atoms. The van der Waals surface area contributed by atoms with Crippen molar-refractivity contribution in [3.05, 3.63) is 59.2 Å². The number of nitrogens with one attached hydrogen (secondary N) is 1. The number of rotatable bonds is 5. The number of carbonyl (C=O) groups excluding carboxylic acids is 1. The Morgan fingerprint density at radius 3 is 2.70 bits per heavy atom. The van der Waals surface area contributed by atoms with Gasteiger partial charge in [0.15, 0.2) is 0 Å². The first-order chi connectivity index (χ1) is 15.6. The second-order valence-electron chi connectivity index (χ2n) is 8.03. The predicted molar refractivity (Wildman–Crippen MR) is 116 cm³/mol. The van der Waals surface area contributed by atoms with Crippen molar-refractivity contribution in [1.29, 1.82) is 5.26 Å². The van der Waals surface area contributed by atoms with E-state index in [4.69, 9.17) is 0 Å². The Morgan fingerprint density at radius 2 is 2.00 bits per heavy atom. The maximum Gasteiger partial charge on any atom is 0.408 e. The molecule has 1 amide bonds. The molecule has 1 unspecified atom stereocenters. The van der Waals surface area contributed by atoms with Crippen LogP contribution >= 0.6 is 0 Å². The Bertz CT molecular complexity index is 1410. The van der Waals surface area contributed by atoms with Crippen LogP contribution in [0.3, 0.4) is 0 Å². The van der Waals surface area contributed by atoms with Gasteiger partial charge in [0, 0.05) is 29.0 Å². The van der Waals surface area contributed by atoms with Crippen molar-refractivity contribution in [2.45, 2.75) is 39.0 Å². The quantitative estimate of drug-likeness (QED) is 0.492. The van der Waals surface area contributed by atoms with Crippen LogP contribution in [-0.2, 0) is 24.8 Å². The highest BCUT2D eigenvalue weighted by atomic mass is 19.4. The zero-order chi connectivity index (χ0) is 23.9. The summed E-state index contributed by atoms with van der Waals surface area (Å²) in [5, 5.41) is 17.4. The Kier molecular flexibility index (Phi) is 5.57. The van der Waals surface area contributed by atoms with Crippen LogP contribution in [0.15, 0.2) is 36.7 Å². The summed E-state index contributed by atoms with van der Waals surface area (Å²) in [7, 11) is 1.89. The Hall–Kier alpha value is -3.87. The summed E-state index contributed by atoms with van der Waals surface area (Å²) in [6.07, 6.45) is -1.58. The van der Waals surface area contributed by atoms with Crippen LogP contribution in [0.25, 0.3) is 21.8 Å². The molecule has 0 saturated carbocycles. The first kappa shape index (κ1) is 22.3. The minimum absolute atomic E-state index is 0.116. The summed E-state index contributed by atoms with van der Waals surface area (Å²) in [5.41, 5.74) is 3.93. The summed E-state index contributed by atoms with van der Waals surface area (Å²) in [6, 6.07) is 8.99. The van der Waals surface area contributed by atoms with Gasteiger partial charge < -0.3 is 9.88 Å². The third-order valence-electron chi connectivity index (χ3n) is 5.73. The second-order valence-corrected chi connectivity index (χ2v) is 8.03. The maximum atomic E-state index is 12.7. The van der Waals surface area contributed by atoms with Crippen molar-refractivity contribution >= 4 is 27.7 Å². The molecule has 0 bridgehead atoms. The van der Waals surface area contributed by atoms with Crippen molar-refractivity contribution in [1.82, 2.24) is 24.6 Å². The van der Waals surface area contributed by atoms with E-state index in [-0.39, 0.29) is 17.8 Å². The van der Waals surface area contributed by atoms with Crippen LogP contribution in [0.5, 0.6) is 0 Å². The fraction of sp³-hybridized carbons (Fsp3) is 0.304. The molecule has 10 heteroatoms. The van der Waals surface area contributed by atoms with Crippen molar-refractivity contribution in [2.24, 2.45) is 7.05 Å². The van der Waals surface area contributed by atoms with E-state index in [1.165, 1.54) is 12.4 Å². The topological polar surface area (TPSA) is 88.5 Å². The number of pyridine rings is 1. The minimum atomic E-state index is -4.38. The number of aromatic nitrogens is 4. The zero-order valence-corrected chi connectivity index (χ0v) is 18.2. The van der Waals surface area contributed by atoms with Crippen LogP contribution in [-0.4, -0.2) is 31.4 Å². The largest absolute Gasteiger partial charge is 0.408 e. The molecule has 0 spiro atoms. The number of nitrogens with zero attached hydrogens (tertiary/aromatic N) is 5. The number of aryl methyl sites for hydroxylation is 1. The lowest BCUT2D eigenvalue weighted by molar-refractivity contribution is -0.141. The average Bonchev–Trinajstić information content (AvgIpc) is 3.24. The minimum Gasteiger partial charge on any atom is -0.348 e. The van der Waals surface area contributed by atoms with Gasteiger partial charge in [-0.05, 0) is 37.6 Å². The molecule has 170 valence electrons. The van der Waals surface area contributed by atoms with E-state index in [0.29, 0.717) is 16.6 Å². The number of carbonyl (C=O) groups is 1. The van der Waals surface area contributed by atoms with Gasteiger partial charge in [0.1, 0.15) is 12.6 Å². The number of amides is 1. The number of alkyl halides is 3. The lowest BCUT2D eigenvalue weighted by Gasteiger charge is -2.14. The van der Waals surface area contributed by atoms with E-state index in [0.717, 1.165) is 26.8 Å². The number of halogens is 3. The van der Waals surface area contributed by atoms with Crippen LogP contribution in [0.1, 0.15) is 35.5 Å². The average molecular weight is 454 g/mol. The number of hydrogen-bond donors (Lipinski definition) is 1. The smallest absolute Gasteiger partial charge is 0.348 e. The van der Waals surface area contributed by atoms with E-state index in [9.17, 15) is 23.2 Å². The molecule has 1 aromatic carbocycles. The van der Waals surface area contributed by atoms with Crippen molar-refractivity contribution in [3.8, 4) is 6.07 Å². The molecule has 0 fully saturated rings. The lowest BCUT2D eigenvalue weighted by atomic mass is 10.1. The van der Waals surface area contributed by atoms with E-state index in [2.05, 4.69) is 21.5 Å². The van der Waals surface area contributed by atoms with Gasteiger partial charge in [0.05, 0.1) is 41.6 Å². The lowest BCUT2D eigenvalue weighted by Crippen LogP contribution is -2.28. The number of fused-ring (bicyclic) bond motifs is 2. The molecule has 0 aliphatic carbocycles. The molecule has 0 aliphatic heterocycles. The highest BCUT2D eigenvalue weighted by molar-refractivity contribution is 5.90. The standard InChI is InChI=1S/C23H21F3N6O/c1-13(19-8-16-10-29-32(12-23(24,25)26)21(16)11-28-19)30-22(33)7-15-4-5-20-17(6-15)18(9-27)14(2)31(20)3/h4-6,8,10-11,13H,7,12H2,1-3H3,(H,30,33). The van der Waals surface area contributed by atoms with E-state index < -0.39 is 18.8 Å². The molecule has 0 radical (unpaired) electrons. The second kappa shape index (κ2) is 8.24. The van der Waals surface area contributed by atoms with Gasteiger partial charge in [-0.2, -0.15) is 23.5 Å². The van der Waals surface area contributed by atoms with Gasteiger partial charge in [-0.25, -0.2) is 0 Å². The molecule has 3 aromatic heterocycles. The Balaban J connectivity index is 1.48. The summed E-state index contributed by atoms with van der Waals surface area (Å²) in [6.45, 7) is 2.44. The third-order valence-corrected chi connectivity index (χ3v) is 5.73. The third kappa shape index (κ3) is 4.39. The van der Waals surface area contributed by atoms with Crippen LogP contribution in [0.4, 0.5) is 13.2 Å². The summed E-state index contributed by atoms with van der Waals surface area (Å²) in [4.78, 5) is 16.9. The van der Waals surface area contributed by atoms with Crippen LogP contribution in [0, 0.1) is 18.3 Å². The van der Waals surface area contributed by atoms with Crippen molar-refractivity contribution < 1.29 is 18.0 Å².